The summed E-state index contributed by atoms with van der Waals surface area (Å²) >= 11 is 8.72. The van der Waals surface area contributed by atoms with Gasteiger partial charge in [-0.3, -0.25) is 4.90 Å². The second kappa shape index (κ2) is 6.08. The zero-order valence-corrected chi connectivity index (χ0v) is 12.7. The molecule has 0 amide bonds. The molecule has 2 rings (SSSR count). The molecule has 1 saturated heterocycles. The van der Waals surface area contributed by atoms with Crippen molar-refractivity contribution in [3.05, 3.63) is 24.3 Å². The summed E-state index contributed by atoms with van der Waals surface area (Å²) in [6, 6.07) is 8.73. The smallest absolute Gasteiger partial charge is 0.0970 e. The van der Waals surface area contributed by atoms with Crippen LogP contribution >= 0.6 is 25.3 Å². The fraction of sp³-hybridized carbons (Fsp3) is 0.538. The largest absolute Gasteiger partial charge is 0.378 e. The highest BCUT2D eigenvalue weighted by Gasteiger charge is 2.19. The Labute approximate surface area is 121 Å². The Balaban J connectivity index is 1.97. The molecule has 0 aromatic heterocycles. The topological polar surface area (TPSA) is 9.72 Å². The molecule has 1 aromatic rings. The van der Waals surface area contributed by atoms with E-state index in [1.54, 1.807) is 0 Å². The van der Waals surface area contributed by atoms with Gasteiger partial charge in [0.05, 0.1) is 4.71 Å². The number of anilines is 2. The lowest BCUT2D eigenvalue weighted by Crippen LogP contribution is -2.47. The minimum atomic E-state index is 0.0586. The van der Waals surface area contributed by atoms with Crippen LogP contribution in [0.25, 0.3) is 0 Å². The second-order valence-corrected chi connectivity index (χ2v) is 6.17. The molecule has 0 aliphatic carbocycles. The first kappa shape index (κ1) is 13.9. The Morgan fingerprint density at radius 3 is 2.00 bits per heavy atom. The quantitative estimate of drug-likeness (QED) is 0.649. The predicted octanol–water partition coefficient (Wildman–Crippen LogP) is 2.02. The van der Waals surface area contributed by atoms with E-state index in [4.69, 9.17) is 0 Å². The number of nitrogens with zero attached hydrogens (tertiary/aromatic N) is 3. The number of thiol groups is 2. The average Bonchev–Trinajstić information content (AvgIpc) is 2.39. The Bertz CT molecular complexity index is 370. The van der Waals surface area contributed by atoms with E-state index in [0.717, 1.165) is 26.2 Å². The van der Waals surface area contributed by atoms with E-state index in [9.17, 15) is 0 Å². The van der Waals surface area contributed by atoms with Crippen molar-refractivity contribution in [3.8, 4) is 0 Å². The molecular weight excluding hydrogens is 262 g/mol. The lowest BCUT2D eigenvalue weighted by molar-refractivity contribution is 0.287. The zero-order valence-electron chi connectivity index (χ0n) is 11.0. The van der Waals surface area contributed by atoms with Crippen LogP contribution in [0, 0.1) is 0 Å². The summed E-state index contributed by atoms with van der Waals surface area (Å²) in [5, 5.41) is 0. The minimum Gasteiger partial charge on any atom is -0.378 e. The molecule has 100 valence electrons. The summed E-state index contributed by atoms with van der Waals surface area (Å²) < 4.78 is 0.0586. The van der Waals surface area contributed by atoms with Crippen LogP contribution in [0.5, 0.6) is 0 Å². The zero-order chi connectivity index (χ0) is 13.1. The van der Waals surface area contributed by atoms with Crippen LogP contribution in [0.4, 0.5) is 11.4 Å². The molecule has 1 aromatic carbocycles. The summed E-state index contributed by atoms with van der Waals surface area (Å²) in [5.74, 6) is 0. The number of rotatable bonds is 3. The van der Waals surface area contributed by atoms with Gasteiger partial charge in [-0.1, -0.05) is 0 Å². The maximum absolute atomic E-state index is 4.36. The van der Waals surface area contributed by atoms with Crippen molar-refractivity contribution in [1.29, 1.82) is 0 Å². The van der Waals surface area contributed by atoms with Gasteiger partial charge in [-0.15, -0.1) is 25.3 Å². The molecule has 18 heavy (non-hydrogen) atoms. The third-order valence-corrected chi connectivity index (χ3v) is 4.03. The van der Waals surface area contributed by atoms with Crippen molar-refractivity contribution >= 4 is 36.6 Å². The van der Waals surface area contributed by atoms with E-state index < -0.39 is 0 Å². The Hall–Kier alpha value is -0.520. The molecule has 0 unspecified atom stereocenters. The van der Waals surface area contributed by atoms with Crippen molar-refractivity contribution in [1.82, 2.24) is 4.90 Å². The van der Waals surface area contributed by atoms with E-state index in [0.29, 0.717) is 0 Å². The van der Waals surface area contributed by atoms with Gasteiger partial charge >= 0.3 is 0 Å². The minimum absolute atomic E-state index is 0.0586. The predicted molar refractivity (Wildman–Crippen MR) is 86.3 cm³/mol. The number of benzene rings is 1. The van der Waals surface area contributed by atoms with Crippen LogP contribution in [0.1, 0.15) is 0 Å². The first-order valence-electron chi connectivity index (χ1n) is 6.20. The molecule has 0 saturated carbocycles. The first-order chi connectivity index (χ1) is 8.58. The van der Waals surface area contributed by atoms with Gasteiger partial charge in [-0.05, 0) is 24.3 Å². The van der Waals surface area contributed by atoms with Gasteiger partial charge in [0.1, 0.15) is 0 Å². The highest BCUT2D eigenvalue weighted by Crippen LogP contribution is 2.21. The molecule has 0 N–H and O–H groups in total. The highest BCUT2D eigenvalue weighted by atomic mass is 32.2. The summed E-state index contributed by atoms with van der Waals surface area (Å²) in [6.45, 7) is 4.12. The van der Waals surface area contributed by atoms with Gasteiger partial charge in [-0.2, -0.15) is 0 Å². The van der Waals surface area contributed by atoms with Crippen molar-refractivity contribution in [2.75, 3.05) is 50.1 Å². The van der Waals surface area contributed by atoms with Gasteiger partial charge in [0.2, 0.25) is 0 Å². The first-order valence-corrected chi connectivity index (χ1v) is 7.24. The van der Waals surface area contributed by atoms with Gasteiger partial charge in [0, 0.05) is 51.6 Å². The molecule has 0 atom stereocenters. The van der Waals surface area contributed by atoms with Gasteiger partial charge in [0.15, 0.2) is 0 Å². The van der Waals surface area contributed by atoms with Crippen molar-refractivity contribution in [3.63, 3.8) is 0 Å². The van der Waals surface area contributed by atoms with Crippen LogP contribution in [-0.4, -0.2) is 49.9 Å². The lowest BCUT2D eigenvalue weighted by Gasteiger charge is -2.37. The standard InChI is InChI=1S/C13H21N3S2/c1-14(2)11-3-5-12(6-4-11)15-7-9-16(10-8-15)13(17)18/h3-6,13,17-18H,7-10H2,1-2H3. The highest BCUT2D eigenvalue weighted by molar-refractivity contribution is 7.99. The van der Waals surface area contributed by atoms with Gasteiger partial charge in [-0.25, -0.2) is 0 Å². The van der Waals surface area contributed by atoms with Crippen LogP contribution in [-0.2, 0) is 0 Å². The lowest BCUT2D eigenvalue weighted by atomic mass is 10.2. The molecule has 3 nitrogen and oxygen atoms in total. The van der Waals surface area contributed by atoms with E-state index in [1.165, 1.54) is 11.4 Å². The van der Waals surface area contributed by atoms with Crippen molar-refractivity contribution in [2.45, 2.75) is 4.71 Å². The Morgan fingerprint density at radius 1 is 1.00 bits per heavy atom. The van der Waals surface area contributed by atoms with E-state index in [1.807, 2.05) is 0 Å². The van der Waals surface area contributed by atoms with Gasteiger partial charge < -0.3 is 9.80 Å². The van der Waals surface area contributed by atoms with E-state index in [2.05, 4.69) is 78.3 Å². The van der Waals surface area contributed by atoms with E-state index in [-0.39, 0.29) is 4.71 Å². The molecule has 1 aliphatic rings. The molecule has 1 fully saturated rings. The Morgan fingerprint density at radius 2 is 1.56 bits per heavy atom. The summed E-state index contributed by atoms with van der Waals surface area (Å²) in [4.78, 5) is 6.81. The van der Waals surface area contributed by atoms with Crippen LogP contribution < -0.4 is 9.80 Å². The number of hydrogen-bond donors (Lipinski definition) is 2. The van der Waals surface area contributed by atoms with Crippen LogP contribution in [0.3, 0.4) is 0 Å². The normalized spacial score (nSPS) is 17.3. The number of piperazine rings is 1. The molecular formula is C13H21N3S2. The third-order valence-electron chi connectivity index (χ3n) is 3.37. The second-order valence-electron chi connectivity index (χ2n) is 4.78. The molecule has 1 aliphatic heterocycles. The summed E-state index contributed by atoms with van der Waals surface area (Å²) in [5.41, 5.74) is 2.54. The van der Waals surface area contributed by atoms with E-state index >= 15 is 0 Å². The molecule has 1 heterocycles. The fourth-order valence-electron chi connectivity index (χ4n) is 2.17. The molecule has 0 radical (unpaired) electrons. The van der Waals surface area contributed by atoms with Crippen LogP contribution in [0.15, 0.2) is 24.3 Å². The van der Waals surface area contributed by atoms with Crippen molar-refractivity contribution in [2.24, 2.45) is 0 Å². The SMILES string of the molecule is CN(C)c1ccc(N2CCN(C(S)S)CC2)cc1. The third kappa shape index (κ3) is 3.28. The molecule has 5 heteroatoms. The summed E-state index contributed by atoms with van der Waals surface area (Å²) in [6.07, 6.45) is 0. The average molecular weight is 283 g/mol. The fourth-order valence-corrected chi connectivity index (χ4v) is 2.63. The van der Waals surface area contributed by atoms with Crippen LogP contribution in [0.2, 0.25) is 0 Å². The number of hydrogen-bond acceptors (Lipinski definition) is 5. The Kier molecular flexibility index (Phi) is 4.70. The monoisotopic (exact) mass is 283 g/mol. The molecule has 0 bridgehead atoms. The van der Waals surface area contributed by atoms with Gasteiger partial charge in [0.25, 0.3) is 0 Å². The van der Waals surface area contributed by atoms with Crippen molar-refractivity contribution < 1.29 is 0 Å². The maximum Gasteiger partial charge on any atom is 0.0970 e. The summed E-state index contributed by atoms with van der Waals surface area (Å²) in [7, 11) is 4.13. The molecule has 0 spiro atoms. The maximum atomic E-state index is 4.36.